The van der Waals surface area contributed by atoms with Gasteiger partial charge in [0.15, 0.2) is 5.82 Å². The van der Waals surface area contributed by atoms with Crippen molar-refractivity contribution in [2.45, 2.75) is 31.2 Å². The second-order valence-corrected chi connectivity index (χ2v) is 7.06. The maximum atomic E-state index is 14.2. The normalized spacial score (nSPS) is 21.1. The van der Waals surface area contributed by atoms with Gasteiger partial charge >= 0.3 is 0 Å². The second kappa shape index (κ2) is 5.75. The molecule has 0 bridgehead atoms. The molecule has 0 radical (unpaired) electrons. The molecule has 1 unspecified atom stereocenters. The molecular formula is C13H18F2N2O2S. The van der Waals surface area contributed by atoms with E-state index in [1.807, 2.05) is 6.92 Å². The SMILES string of the molecule is CC1CCCN(S(=O)(=O)c2ccc(F)c(CN)c2F)C1. The standard InChI is InChI=1S/C13H18F2N2O2S/c1-9-3-2-6-17(8-9)20(18,19)12-5-4-11(14)10(7-16)13(12)15/h4-5,9H,2-3,6-8,16H2,1H3. The Balaban J connectivity index is 2.44. The van der Waals surface area contributed by atoms with E-state index in [0.29, 0.717) is 13.1 Å². The van der Waals surface area contributed by atoms with E-state index in [-0.39, 0.29) is 12.5 Å². The Kier molecular flexibility index (Phi) is 4.41. The van der Waals surface area contributed by atoms with Crippen LogP contribution >= 0.6 is 0 Å². The number of nitrogens with two attached hydrogens (primary N) is 1. The van der Waals surface area contributed by atoms with Crippen LogP contribution in [0, 0.1) is 17.6 Å². The van der Waals surface area contributed by atoms with Gasteiger partial charge in [0.25, 0.3) is 0 Å². The molecule has 1 aromatic rings. The van der Waals surface area contributed by atoms with E-state index in [1.54, 1.807) is 0 Å². The molecule has 1 saturated heterocycles. The molecule has 0 aromatic heterocycles. The van der Waals surface area contributed by atoms with Crippen LogP contribution in [0.1, 0.15) is 25.3 Å². The summed E-state index contributed by atoms with van der Waals surface area (Å²) in [6, 6.07) is 1.92. The first-order valence-corrected chi connectivity index (χ1v) is 7.99. The third kappa shape index (κ3) is 2.70. The van der Waals surface area contributed by atoms with Crippen LogP contribution in [0.3, 0.4) is 0 Å². The van der Waals surface area contributed by atoms with Crippen molar-refractivity contribution in [2.75, 3.05) is 13.1 Å². The summed E-state index contributed by atoms with van der Waals surface area (Å²) in [6.07, 6.45) is 1.69. The van der Waals surface area contributed by atoms with E-state index < -0.39 is 32.1 Å². The Bertz CT molecular complexity index is 605. The maximum Gasteiger partial charge on any atom is 0.246 e. The molecule has 0 aliphatic carbocycles. The lowest BCUT2D eigenvalue weighted by Crippen LogP contribution is -2.39. The molecule has 1 aliphatic heterocycles. The molecule has 112 valence electrons. The highest BCUT2D eigenvalue weighted by molar-refractivity contribution is 7.89. The van der Waals surface area contributed by atoms with Crippen molar-refractivity contribution in [3.8, 4) is 0 Å². The summed E-state index contributed by atoms with van der Waals surface area (Å²) in [6.45, 7) is 2.30. The maximum absolute atomic E-state index is 14.2. The van der Waals surface area contributed by atoms with Crippen LogP contribution in [-0.4, -0.2) is 25.8 Å². The average Bonchev–Trinajstić information content (AvgIpc) is 2.39. The highest BCUT2D eigenvalue weighted by Crippen LogP contribution is 2.27. The van der Waals surface area contributed by atoms with E-state index in [1.165, 1.54) is 4.31 Å². The van der Waals surface area contributed by atoms with Crippen molar-refractivity contribution < 1.29 is 17.2 Å². The van der Waals surface area contributed by atoms with Gasteiger partial charge < -0.3 is 5.73 Å². The molecule has 2 N–H and O–H groups in total. The van der Waals surface area contributed by atoms with Crippen LogP contribution in [0.25, 0.3) is 0 Å². The highest BCUT2D eigenvalue weighted by Gasteiger charge is 2.32. The van der Waals surface area contributed by atoms with Crippen molar-refractivity contribution in [2.24, 2.45) is 11.7 Å². The lowest BCUT2D eigenvalue weighted by Gasteiger charge is -2.30. The van der Waals surface area contributed by atoms with Gasteiger partial charge in [-0.2, -0.15) is 4.31 Å². The molecule has 0 amide bonds. The Morgan fingerprint density at radius 1 is 1.40 bits per heavy atom. The first-order chi connectivity index (χ1) is 9.37. The zero-order valence-electron chi connectivity index (χ0n) is 11.3. The lowest BCUT2D eigenvalue weighted by molar-refractivity contribution is 0.280. The van der Waals surface area contributed by atoms with Crippen LogP contribution in [0.4, 0.5) is 8.78 Å². The third-order valence-electron chi connectivity index (χ3n) is 3.59. The van der Waals surface area contributed by atoms with Gasteiger partial charge in [0, 0.05) is 25.2 Å². The number of rotatable bonds is 3. The van der Waals surface area contributed by atoms with Gasteiger partial charge in [-0.25, -0.2) is 17.2 Å². The summed E-state index contributed by atoms with van der Waals surface area (Å²) in [4.78, 5) is -0.492. The lowest BCUT2D eigenvalue weighted by atomic mass is 10.0. The molecule has 1 heterocycles. The zero-order valence-corrected chi connectivity index (χ0v) is 12.1. The number of piperidine rings is 1. The van der Waals surface area contributed by atoms with Gasteiger partial charge in [0.1, 0.15) is 10.7 Å². The van der Waals surface area contributed by atoms with Gasteiger partial charge in [-0.15, -0.1) is 0 Å². The molecule has 0 spiro atoms. The van der Waals surface area contributed by atoms with Crippen molar-refractivity contribution in [3.63, 3.8) is 0 Å². The quantitative estimate of drug-likeness (QED) is 0.927. The molecule has 2 rings (SSSR count). The van der Waals surface area contributed by atoms with E-state index in [2.05, 4.69) is 0 Å². The molecule has 0 saturated carbocycles. The fourth-order valence-electron chi connectivity index (χ4n) is 2.47. The van der Waals surface area contributed by atoms with Gasteiger partial charge in [-0.3, -0.25) is 0 Å². The molecule has 1 aliphatic rings. The minimum Gasteiger partial charge on any atom is -0.326 e. The van der Waals surface area contributed by atoms with Crippen molar-refractivity contribution in [3.05, 3.63) is 29.3 Å². The number of halogens is 2. The zero-order chi connectivity index (χ0) is 14.9. The summed E-state index contributed by atoms with van der Waals surface area (Å²) in [7, 11) is -3.94. The largest absolute Gasteiger partial charge is 0.326 e. The second-order valence-electron chi connectivity index (χ2n) is 5.15. The summed E-state index contributed by atoms with van der Waals surface area (Å²) in [5, 5.41) is 0. The predicted octanol–water partition coefficient (Wildman–Crippen LogP) is 1.84. The predicted molar refractivity (Wildman–Crippen MR) is 71.4 cm³/mol. The molecule has 20 heavy (non-hydrogen) atoms. The first-order valence-electron chi connectivity index (χ1n) is 6.55. The average molecular weight is 304 g/mol. The third-order valence-corrected chi connectivity index (χ3v) is 5.47. The minimum absolute atomic E-state index is 0.232. The van der Waals surface area contributed by atoms with Crippen molar-refractivity contribution >= 4 is 10.0 Å². The van der Waals surface area contributed by atoms with Gasteiger partial charge in [-0.05, 0) is 30.9 Å². The van der Waals surface area contributed by atoms with Crippen LogP contribution in [0.15, 0.2) is 17.0 Å². The number of hydrogen-bond acceptors (Lipinski definition) is 3. The summed E-state index contributed by atoms with van der Waals surface area (Å²) >= 11 is 0. The Hall–Kier alpha value is -1.05. The molecule has 1 fully saturated rings. The van der Waals surface area contributed by atoms with Crippen LogP contribution < -0.4 is 5.73 Å². The van der Waals surface area contributed by atoms with Crippen molar-refractivity contribution in [1.29, 1.82) is 0 Å². The fourth-order valence-corrected chi connectivity index (χ4v) is 4.15. The summed E-state index contributed by atoms with van der Waals surface area (Å²) < 4.78 is 53.7. The fraction of sp³-hybridized carbons (Fsp3) is 0.538. The monoisotopic (exact) mass is 304 g/mol. The summed E-state index contributed by atoms with van der Waals surface area (Å²) in [5.74, 6) is -1.67. The minimum atomic E-state index is -3.94. The van der Waals surface area contributed by atoms with Crippen LogP contribution in [0.2, 0.25) is 0 Å². The van der Waals surface area contributed by atoms with Gasteiger partial charge in [-0.1, -0.05) is 6.92 Å². The van der Waals surface area contributed by atoms with Crippen LogP contribution in [-0.2, 0) is 16.6 Å². The number of hydrogen-bond donors (Lipinski definition) is 1. The Labute approximate surface area is 117 Å². The number of nitrogens with zero attached hydrogens (tertiary/aromatic N) is 1. The van der Waals surface area contributed by atoms with Crippen molar-refractivity contribution in [1.82, 2.24) is 4.31 Å². The Morgan fingerprint density at radius 2 is 2.10 bits per heavy atom. The molecule has 4 nitrogen and oxygen atoms in total. The smallest absolute Gasteiger partial charge is 0.246 e. The van der Waals surface area contributed by atoms with E-state index in [4.69, 9.17) is 5.73 Å². The topological polar surface area (TPSA) is 63.4 Å². The highest BCUT2D eigenvalue weighted by atomic mass is 32.2. The molecule has 1 atom stereocenters. The van der Waals surface area contributed by atoms with E-state index in [9.17, 15) is 17.2 Å². The Morgan fingerprint density at radius 3 is 2.70 bits per heavy atom. The summed E-state index contributed by atoms with van der Waals surface area (Å²) in [5.41, 5.74) is 4.88. The van der Waals surface area contributed by atoms with Gasteiger partial charge in [0.2, 0.25) is 10.0 Å². The molecular weight excluding hydrogens is 286 g/mol. The molecule has 1 aromatic carbocycles. The molecule has 7 heteroatoms. The van der Waals surface area contributed by atoms with Gasteiger partial charge in [0.05, 0.1) is 0 Å². The number of benzene rings is 1. The van der Waals surface area contributed by atoms with E-state index >= 15 is 0 Å². The number of sulfonamides is 1. The first kappa shape index (κ1) is 15.3. The van der Waals surface area contributed by atoms with E-state index in [0.717, 1.165) is 25.0 Å². The van der Waals surface area contributed by atoms with Crippen LogP contribution in [0.5, 0.6) is 0 Å².